The molecule has 3 rings (SSSR count). The SMILES string of the molecule is COc1ccc(-c2cc(NS(=O)(=O)c3ccc(Cl)cc3)ccc2OC)cc1. The highest BCUT2D eigenvalue weighted by atomic mass is 35.5. The van der Waals surface area contributed by atoms with Crippen molar-refractivity contribution in [2.24, 2.45) is 0 Å². The Hall–Kier alpha value is -2.70. The number of halogens is 1. The van der Waals surface area contributed by atoms with E-state index in [0.717, 1.165) is 16.9 Å². The molecule has 0 aliphatic carbocycles. The fourth-order valence-corrected chi connectivity index (χ4v) is 3.77. The second-order valence-corrected chi connectivity index (χ2v) is 7.82. The zero-order valence-electron chi connectivity index (χ0n) is 14.8. The predicted molar refractivity (Wildman–Crippen MR) is 107 cm³/mol. The summed E-state index contributed by atoms with van der Waals surface area (Å²) in [6.45, 7) is 0. The lowest BCUT2D eigenvalue weighted by atomic mass is 10.0. The second kappa shape index (κ2) is 7.90. The van der Waals surface area contributed by atoms with Gasteiger partial charge in [0.15, 0.2) is 0 Å². The van der Waals surface area contributed by atoms with Gasteiger partial charge in [-0.15, -0.1) is 0 Å². The summed E-state index contributed by atoms with van der Waals surface area (Å²) in [5.74, 6) is 1.37. The molecule has 0 amide bonds. The lowest BCUT2D eigenvalue weighted by Crippen LogP contribution is -2.12. The molecule has 3 aromatic carbocycles. The Morgan fingerprint density at radius 1 is 0.852 bits per heavy atom. The fourth-order valence-electron chi connectivity index (χ4n) is 2.60. The molecule has 0 aliphatic rings. The first kappa shape index (κ1) is 19.1. The average molecular weight is 404 g/mol. The van der Waals surface area contributed by atoms with Crippen molar-refractivity contribution < 1.29 is 17.9 Å². The molecule has 140 valence electrons. The van der Waals surface area contributed by atoms with Gasteiger partial charge >= 0.3 is 0 Å². The number of benzene rings is 3. The summed E-state index contributed by atoms with van der Waals surface area (Å²) in [4.78, 5) is 0.133. The van der Waals surface area contributed by atoms with Crippen LogP contribution in [0.25, 0.3) is 11.1 Å². The third kappa shape index (κ3) is 4.35. The lowest BCUT2D eigenvalue weighted by molar-refractivity contribution is 0.414. The first-order chi connectivity index (χ1) is 12.9. The largest absolute Gasteiger partial charge is 0.497 e. The maximum atomic E-state index is 12.6. The van der Waals surface area contributed by atoms with E-state index in [1.165, 1.54) is 24.3 Å². The Labute approximate surface area is 163 Å². The maximum absolute atomic E-state index is 12.6. The molecule has 0 radical (unpaired) electrons. The first-order valence-corrected chi connectivity index (χ1v) is 9.90. The highest BCUT2D eigenvalue weighted by Gasteiger charge is 2.16. The number of anilines is 1. The van der Waals surface area contributed by atoms with E-state index in [-0.39, 0.29) is 4.90 Å². The summed E-state index contributed by atoms with van der Waals surface area (Å²) in [5.41, 5.74) is 2.06. The van der Waals surface area contributed by atoms with Crippen LogP contribution in [0, 0.1) is 0 Å². The Kier molecular flexibility index (Phi) is 5.58. The molecule has 3 aromatic rings. The van der Waals surface area contributed by atoms with Crippen LogP contribution in [0.4, 0.5) is 5.69 Å². The topological polar surface area (TPSA) is 64.6 Å². The summed E-state index contributed by atoms with van der Waals surface area (Å²) in [7, 11) is -0.560. The molecular formula is C20H18ClNO4S. The minimum Gasteiger partial charge on any atom is -0.497 e. The zero-order chi connectivity index (χ0) is 19.4. The third-order valence-electron chi connectivity index (χ3n) is 3.98. The molecule has 0 aliphatic heterocycles. The Balaban J connectivity index is 1.96. The van der Waals surface area contributed by atoms with Crippen LogP contribution >= 0.6 is 11.6 Å². The molecule has 0 atom stereocenters. The molecular weight excluding hydrogens is 386 g/mol. The van der Waals surface area contributed by atoms with E-state index < -0.39 is 10.0 Å². The monoisotopic (exact) mass is 403 g/mol. The van der Waals surface area contributed by atoms with Crippen molar-refractivity contribution in [3.63, 3.8) is 0 Å². The van der Waals surface area contributed by atoms with Crippen LogP contribution in [0.15, 0.2) is 71.6 Å². The molecule has 0 saturated carbocycles. The van der Waals surface area contributed by atoms with E-state index in [0.29, 0.717) is 16.5 Å². The number of sulfonamides is 1. The average Bonchev–Trinajstić information content (AvgIpc) is 2.68. The molecule has 0 bridgehead atoms. The van der Waals surface area contributed by atoms with Crippen molar-refractivity contribution >= 4 is 27.3 Å². The summed E-state index contributed by atoms with van der Waals surface area (Å²) < 4.78 is 38.4. The van der Waals surface area contributed by atoms with Crippen LogP contribution in [0.2, 0.25) is 5.02 Å². The van der Waals surface area contributed by atoms with Crippen molar-refractivity contribution in [2.45, 2.75) is 4.90 Å². The van der Waals surface area contributed by atoms with Crippen LogP contribution in [0.3, 0.4) is 0 Å². The van der Waals surface area contributed by atoms with E-state index in [2.05, 4.69) is 4.72 Å². The molecule has 0 fully saturated rings. The van der Waals surface area contributed by atoms with Gasteiger partial charge in [-0.25, -0.2) is 8.42 Å². The zero-order valence-corrected chi connectivity index (χ0v) is 16.3. The van der Waals surface area contributed by atoms with Gasteiger partial charge in [-0.1, -0.05) is 23.7 Å². The normalized spacial score (nSPS) is 11.1. The summed E-state index contributed by atoms with van der Waals surface area (Å²) >= 11 is 5.83. The third-order valence-corrected chi connectivity index (χ3v) is 5.63. The van der Waals surface area contributed by atoms with Gasteiger partial charge in [0, 0.05) is 16.3 Å². The van der Waals surface area contributed by atoms with Gasteiger partial charge in [0.25, 0.3) is 10.0 Å². The van der Waals surface area contributed by atoms with Crippen molar-refractivity contribution in [2.75, 3.05) is 18.9 Å². The number of methoxy groups -OCH3 is 2. The fraction of sp³-hybridized carbons (Fsp3) is 0.100. The standard InChI is InChI=1S/C20H18ClNO4S/c1-25-17-8-3-14(4-9-17)19-13-16(7-12-20(19)26-2)22-27(23,24)18-10-5-15(21)6-11-18/h3-13,22H,1-2H3. The molecule has 0 spiro atoms. The van der Waals surface area contributed by atoms with Crippen molar-refractivity contribution in [1.29, 1.82) is 0 Å². The lowest BCUT2D eigenvalue weighted by Gasteiger charge is -2.13. The molecule has 7 heteroatoms. The molecule has 1 N–H and O–H groups in total. The maximum Gasteiger partial charge on any atom is 0.261 e. The number of nitrogens with one attached hydrogen (secondary N) is 1. The van der Waals surface area contributed by atoms with Gasteiger partial charge in [0.2, 0.25) is 0 Å². The first-order valence-electron chi connectivity index (χ1n) is 8.04. The second-order valence-electron chi connectivity index (χ2n) is 5.70. The Morgan fingerprint density at radius 3 is 2.11 bits per heavy atom. The summed E-state index contributed by atoms with van der Waals surface area (Å²) in [6, 6.07) is 18.5. The van der Waals surface area contributed by atoms with E-state index >= 15 is 0 Å². The molecule has 0 saturated heterocycles. The van der Waals surface area contributed by atoms with E-state index in [1.54, 1.807) is 32.4 Å². The molecule has 0 heterocycles. The van der Waals surface area contributed by atoms with Gasteiger partial charge < -0.3 is 9.47 Å². The molecule has 0 unspecified atom stereocenters. The van der Waals surface area contributed by atoms with E-state index in [4.69, 9.17) is 21.1 Å². The number of hydrogen-bond acceptors (Lipinski definition) is 4. The number of rotatable bonds is 6. The number of ether oxygens (including phenoxy) is 2. The molecule has 27 heavy (non-hydrogen) atoms. The highest BCUT2D eigenvalue weighted by Crippen LogP contribution is 2.34. The van der Waals surface area contributed by atoms with Crippen LogP contribution < -0.4 is 14.2 Å². The predicted octanol–water partition coefficient (Wildman–Crippen LogP) is 4.83. The summed E-state index contributed by atoms with van der Waals surface area (Å²) in [6.07, 6.45) is 0. The number of hydrogen-bond donors (Lipinski definition) is 1. The Morgan fingerprint density at radius 2 is 1.52 bits per heavy atom. The van der Waals surface area contributed by atoms with Gasteiger partial charge in [-0.3, -0.25) is 4.72 Å². The minimum absolute atomic E-state index is 0.133. The van der Waals surface area contributed by atoms with Crippen molar-refractivity contribution in [1.82, 2.24) is 0 Å². The minimum atomic E-state index is -3.73. The van der Waals surface area contributed by atoms with Crippen LogP contribution in [-0.2, 0) is 10.0 Å². The van der Waals surface area contributed by atoms with E-state index in [1.807, 2.05) is 24.3 Å². The smallest absolute Gasteiger partial charge is 0.261 e. The van der Waals surface area contributed by atoms with Gasteiger partial charge in [-0.05, 0) is 60.2 Å². The van der Waals surface area contributed by atoms with Gasteiger partial charge in [0.1, 0.15) is 11.5 Å². The van der Waals surface area contributed by atoms with Crippen molar-refractivity contribution in [3.8, 4) is 22.6 Å². The van der Waals surface area contributed by atoms with Gasteiger partial charge in [0.05, 0.1) is 19.1 Å². The van der Waals surface area contributed by atoms with Crippen LogP contribution in [-0.4, -0.2) is 22.6 Å². The Bertz CT molecular complexity index is 1030. The van der Waals surface area contributed by atoms with Gasteiger partial charge in [-0.2, -0.15) is 0 Å². The summed E-state index contributed by atoms with van der Waals surface area (Å²) in [5, 5.41) is 0.472. The van der Waals surface area contributed by atoms with E-state index in [9.17, 15) is 8.42 Å². The highest BCUT2D eigenvalue weighted by molar-refractivity contribution is 7.92. The molecule has 5 nitrogen and oxygen atoms in total. The quantitative estimate of drug-likeness (QED) is 0.640. The van der Waals surface area contributed by atoms with Crippen LogP contribution in [0.1, 0.15) is 0 Å². The molecule has 0 aromatic heterocycles. The van der Waals surface area contributed by atoms with Crippen molar-refractivity contribution in [3.05, 3.63) is 71.8 Å². The van der Waals surface area contributed by atoms with Crippen LogP contribution in [0.5, 0.6) is 11.5 Å².